The zero-order valence-electron chi connectivity index (χ0n) is 9.15. The molecule has 6 nitrogen and oxygen atoms in total. The van der Waals surface area contributed by atoms with Crippen molar-refractivity contribution in [1.29, 1.82) is 0 Å². The summed E-state index contributed by atoms with van der Waals surface area (Å²) in [7, 11) is 0. The number of phenolic OH excluding ortho intramolecular Hbond substituents is 1. The van der Waals surface area contributed by atoms with Crippen LogP contribution in [0.1, 0.15) is 18.1 Å². The Morgan fingerprint density at radius 1 is 1.44 bits per heavy atom. The smallest absolute Gasteiger partial charge is 0.314 e. The van der Waals surface area contributed by atoms with E-state index in [2.05, 4.69) is 12.6 Å². The summed E-state index contributed by atoms with van der Waals surface area (Å²) in [5.74, 6) is -2.03. The second kappa shape index (κ2) is 5.98. The van der Waals surface area contributed by atoms with E-state index in [1.54, 1.807) is 0 Å². The lowest BCUT2D eigenvalue weighted by molar-refractivity contribution is -0.386. The third-order valence-electron chi connectivity index (χ3n) is 2.39. The van der Waals surface area contributed by atoms with Gasteiger partial charge in [0.15, 0.2) is 5.82 Å². The molecule has 0 saturated carbocycles. The van der Waals surface area contributed by atoms with Gasteiger partial charge in [-0.1, -0.05) is 0 Å². The van der Waals surface area contributed by atoms with Crippen LogP contribution in [0.5, 0.6) is 5.75 Å². The Morgan fingerprint density at radius 3 is 2.56 bits per heavy atom. The Bertz CT molecular complexity index is 456. The first-order chi connectivity index (χ1) is 8.38. The Hall–Kier alpha value is -1.38. The lowest BCUT2D eigenvalue weighted by Gasteiger charge is -2.17. The van der Waals surface area contributed by atoms with Crippen LogP contribution in [0.3, 0.4) is 0 Å². The molecule has 0 aliphatic rings. The predicted molar refractivity (Wildman–Crippen MR) is 64.2 cm³/mol. The first-order valence-corrected chi connectivity index (χ1v) is 5.65. The van der Waals surface area contributed by atoms with E-state index in [1.807, 2.05) is 0 Å². The minimum atomic E-state index is -1.48. The molecule has 18 heavy (non-hydrogen) atoms. The van der Waals surface area contributed by atoms with Gasteiger partial charge in [-0.3, -0.25) is 10.1 Å². The van der Waals surface area contributed by atoms with Gasteiger partial charge in [-0.15, -0.1) is 0 Å². The number of nitrogens with zero attached hydrogens (tertiary/aromatic N) is 1. The molecule has 0 radical (unpaired) electrons. The Labute approximate surface area is 107 Å². The van der Waals surface area contributed by atoms with Crippen LogP contribution >= 0.6 is 12.6 Å². The van der Waals surface area contributed by atoms with E-state index in [0.29, 0.717) is 5.75 Å². The number of hydrogen-bond donors (Lipinski definition) is 4. The fourth-order valence-electron chi connectivity index (χ4n) is 1.43. The van der Waals surface area contributed by atoms with Crippen molar-refractivity contribution in [3.63, 3.8) is 0 Å². The minimum Gasteiger partial charge on any atom is -0.500 e. The Kier molecular flexibility index (Phi) is 4.88. The van der Waals surface area contributed by atoms with Crippen molar-refractivity contribution < 1.29 is 24.6 Å². The SMILES string of the molecule is O=[N+]([O-])c1cc(C(O)C(O)CCS)cc(F)c1O. The number of phenols is 1. The minimum absolute atomic E-state index is 0.139. The number of thiol groups is 1. The standard InChI is InChI=1S/C10H12FNO5S/c11-6-3-5(9(14)8(13)1-2-18)4-7(10(6)15)12(16)17/h3-4,8-9,13-15,18H,1-2H2. The van der Waals surface area contributed by atoms with E-state index < -0.39 is 34.4 Å². The van der Waals surface area contributed by atoms with Gasteiger partial charge < -0.3 is 15.3 Å². The van der Waals surface area contributed by atoms with E-state index in [4.69, 9.17) is 5.11 Å². The summed E-state index contributed by atoms with van der Waals surface area (Å²) in [4.78, 5) is 9.59. The molecule has 1 aromatic carbocycles. The van der Waals surface area contributed by atoms with Gasteiger partial charge in [0.25, 0.3) is 0 Å². The van der Waals surface area contributed by atoms with Crippen LogP contribution in [-0.2, 0) is 0 Å². The van der Waals surface area contributed by atoms with Crippen molar-refractivity contribution in [2.75, 3.05) is 5.75 Å². The van der Waals surface area contributed by atoms with Gasteiger partial charge >= 0.3 is 5.69 Å². The third-order valence-corrected chi connectivity index (χ3v) is 2.65. The van der Waals surface area contributed by atoms with Gasteiger partial charge in [0.1, 0.15) is 6.10 Å². The molecule has 2 atom stereocenters. The number of aliphatic hydroxyl groups is 2. The summed E-state index contributed by atoms with van der Waals surface area (Å²) in [5.41, 5.74) is -1.03. The van der Waals surface area contributed by atoms with Crippen molar-refractivity contribution in [2.24, 2.45) is 0 Å². The average molecular weight is 277 g/mol. The predicted octanol–water partition coefficient (Wildman–Crippen LogP) is 1.15. The van der Waals surface area contributed by atoms with Gasteiger partial charge in [-0.05, 0) is 23.8 Å². The Balaban J connectivity index is 3.14. The van der Waals surface area contributed by atoms with Crippen molar-refractivity contribution in [3.05, 3.63) is 33.6 Å². The third kappa shape index (κ3) is 3.09. The van der Waals surface area contributed by atoms with E-state index >= 15 is 0 Å². The van der Waals surface area contributed by atoms with Crippen LogP contribution < -0.4 is 0 Å². The number of benzene rings is 1. The van der Waals surface area contributed by atoms with Crippen LogP contribution in [0.4, 0.5) is 10.1 Å². The molecule has 1 rings (SSSR count). The summed E-state index contributed by atoms with van der Waals surface area (Å²) in [6.45, 7) is 0. The molecule has 0 amide bonds. The molecule has 0 spiro atoms. The van der Waals surface area contributed by atoms with Crippen LogP contribution in [0.15, 0.2) is 12.1 Å². The highest BCUT2D eigenvalue weighted by atomic mass is 32.1. The first kappa shape index (κ1) is 14.7. The highest BCUT2D eigenvalue weighted by molar-refractivity contribution is 7.80. The first-order valence-electron chi connectivity index (χ1n) is 5.02. The molecule has 0 aliphatic carbocycles. The van der Waals surface area contributed by atoms with Crippen molar-refractivity contribution in [3.8, 4) is 5.75 Å². The number of halogens is 1. The van der Waals surface area contributed by atoms with E-state index in [-0.39, 0.29) is 12.0 Å². The fourth-order valence-corrected chi connectivity index (χ4v) is 1.69. The molecule has 0 saturated heterocycles. The van der Waals surface area contributed by atoms with E-state index in [0.717, 1.165) is 12.1 Å². The zero-order valence-corrected chi connectivity index (χ0v) is 10.0. The van der Waals surface area contributed by atoms with Gasteiger partial charge in [0.05, 0.1) is 11.0 Å². The van der Waals surface area contributed by atoms with E-state index in [1.165, 1.54) is 0 Å². The summed E-state index contributed by atoms with van der Waals surface area (Å²) in [6, 6.07) is 1.57. The highest BCUT2D eigenvalue weighted by Gasteiger charge is 2.25. The summed E-state index contributed by atoms with van der Waals surface area (Å²) >= 11 is 3.86. The van der Waals surface area contributed by atoms with Crippen LogP contribution in [-0.4, -0.2) is 32.1 Å². The normalized spacial score (nSPS) is 14.2. The van der Waals surface area contributed by atoms with Gasteiger partial charge in [-0.25, -0.2) is 4.39 Å². The molecular formula is C10H12FNO5S. The summed E-state index contributed by atoms with van der Waals surface area (Å²) in [5, 5.41) is 38.9. The molecule has 0 aromatic heterocycles. The average Bonchev–Trinajstić information content (AvgIpc) is 2.31. The molecule has 1 aromatic rings. The van der Waals surface area contributed by atoms with Crippen LogP contribution in [0.2, 0.25) is 0 Å². The van der Waals surface area contributed by atoms with Gasteiger partial charge in [0, 0.05) is 6.07 Å². The molecule has 0 aliphatic heterocycles. The Morgan fingerprint density at radius 2 is 2.06 bits per heavy atom. The molecule has 0 heterocycles. The highest BCUT2D eigenvalue weighted by Crippen LogP contribution is 2.33. The number of hydrogen-bond acceptors (Lipinski definition) is 6. The second-order valence-electron chi connectivity index (χ2n) is 3.65. The lowest BCUT2D eigenvalue weighted by Crippen LogP contribution is -2.19. The van der Waals surface area contributed by atoms with Crippen molar-refractivity contribution >= 4 is 18.3 Å². The molecular weight excluding hydrogens is 265 g/mol. The van der Waals surface area contributed by atoms with Crippen molar-refractivity contribution in [2.45, 2.75) is 18.6 Å². The monoisotopic (exact) mass is 277 g/mol. The maximum absolute atomic E-state index is 13.2. The summed E-state index contributed by atoms with van der Waals surface area (Å²) < 4.78 is 13.2. The molecule has 3 N–H and O–H groups in total. The van der Waals surface area contributed by atoms with Crippen LogP contribution in [0.25, 0.3) is 0 Å². The van der Waals surface area contributed by atoms with Crippen molar-refractivity contribution in [1.82, 2.24) is 0 Å². The maximum atomic E-state index is 13.2. The quantitative estimate of drug-likeness (QED) is 0.367. The topological polar surface area (TPSA) is 104 Å². The van der Waals surface area contributed by atoms with E-state index in [9.17, 15) is 24.7 Å². The molecule has 8 heteroatoms. The molecule has 0 fully saturated rings. The fraction of sp³-hybridized carbons (Fsp3) is 0.400. The second-order valence-corrected chi connectivity index (χ2v) is 4.10. The zero-order chi connectivity index (χ0) is 13.9. The maximum Gasteiger partial charge on any atom is 0.314 e. The summed E-state index contributed by atoms with van der Waals surface area (Å²) in [6.07, 6.45) is -2.56. The number of aliphatic hydroxyl groups excluding tert-OH is 2. The lowest BCUT2D eigenvalue weighted by atomic mass is 10.0. The van der Waals surface area contributed by atoms with Gasteiger partial charge in [-0.2, -0.15) is 12.6 Å². The molecule has 2 unspecified atom stereocenters. The number of aromatic hydroxyl groups is 1. The van der Waals surface area contributed by atoms with Crippen LogP contribution in [0, 0.1) is 15.9 Å². The van der Waals surface area contributed by atoms with Gasteiger partial charge in [0.2, 0.25) is 5.75 Å². The number of nitro benzene ring substituents is 1. The molecule has 100 valence electrons. The number of nitro groups is 1. The number of rotatable bonds is 5. The molecule has 0 bridgehead atoms. The largest absolute Gasteiger partial charge is 0.500 e.